The number of ether oxygens (including phenoxy) is 1. The molecule has 1 fully saturated rings. The van der Waals surface area contributed by atoms with Gasteiger partial charge in [0, 0.05) is 23.9 Å². The fourth-order valence-electron chi connectivity index (χ4n) is 2.75. The molecule has 0 bridgehead atoms. The van der Waals surface area contributed by atoms with Crippen LogP contribution in [0.1, 0.15) is 11.1 Å². The zero-order chi connectivity index (χ0) is 19.8. The molecule has 7 heteroatoms. The number of amides is 2. The van der Waals surface area contributed by atoms with Gasteiger partial charge in [-0.05, 0) is 43.2 Å². The topological polar surface area (TPSA) is 79.5 Å². The molecule has 148 valence electrons. The molecule has 0 aromatic heterocycles. The third-order valence-corrected chi connectivity index (χ3v) is 5.31. The second-order valence-electron chi connectivity index (χ2n) is 6.66. The molecule has 1 unspecified atom stereocenters. The van der Waals surface area contributed by atoms with Crippen LogP contribution in [0.4, 0.5) is 5.69 Å². The van der Waals surface area contributed by atoms with E-state index in [2.05, 4.69) is 16.0 Å². The highest BCUT2D eigenvalue weighted by Gasteiger charge is 2.21. The van der Waals surface area contributed by atoms with Crippen LogP contribution in [-0.2, 0) is 16.0 Å². The third-order valence-electron chi connectivity index (χ3n) is 4.37. The van der Waals surface area contributed by atoms with Gasteiger partial charge >= 0.3 is 0 Å². The molecule has 1 aliphatic heterocycles. The molecule has 2 aromatic carbocycles. The molecule has 1 heterocycles. The number of nitrogens with one attached hydrogen (secondary N) is 3. The minimum atomic E-state index is -0.200. The van der Waals surface area contributed by atoms with Crippen molar-refractivity contribution < 1.29 is 14.3 Å². The standard InChI is InChI=1S/C21H25N3O3S/c1-15-2-6-17(7-3-15)24-20(25)12-27-18-8-4-16(5-9-18)10-11-22-21(26)19-13-28-14-23-19/h2-9,19,23H,10-14H2,1H3,(H,22,26)(H,24,25). The second-order valence-corrected chi connectivity index (χ2v) is 7.69. The summed E-state index contributed by atoms with van der Waals surface area (Å²) in [5.41, 5.74) is 3.00. The molecule has 2 amide bonds. The van der Waals surface area contributed by atoms with Crippen LogP contribution < -0.4 is 20.7 Å². The highest BCUT2D eigenvalue weighted by atomic mass is 32.2. The summed E-state index contributed by atoms with van der Waals surface area (Å²) in [4.78, 5) is 23.9. The lowest BCUT2D eigenvalue weighted by Gasteiger charge is -2.11. The number of aryl methyl sites for hydroxylation is 1. The summed E-state index contributed by atoms with van der Waals surface area (Å²) in [7, 11) is 0. The first kappa shape index (κ1) is 20.2. The van der Waals surface area contributed by atoms with E-state index in [1.54, 1.807) is 11.8 Å². The van der Waals surface area contributed by atoms with Crippen molar-refractivity contribution in [2.45, 2.75) is 19.4 Å². The third kappa shape index (κ3) is 6.28. The summed E-state index contributed by atoms with van der Waals surface area (Å²) in [6.45, 7) is 2.55. The van der Waals surface area contributed by atoms with E-state index in [1.807, 2.05) is 55.5 Å². The van der Waals surface area contributed by atoms with Gasteiger partial charge in [0.05, 0.1) is 6.04 Å². The van der Waals surface area contributed by atoms with Crippen LogP contribution in [0.2, 0.25) is 0 Å². The summed E-state index contributed by atoms with van der Waals surface area (Å²) < 4.78 is 5.54. The van der Waals surface area contributed by atoms with Gasteiger partial charge in [0.1, 0.15) is 5.75 Å². The second kappa shape index (κ2) is 10.1. The van der Waals surface area contributed by atoms with E-state index in [1.165, 1.54) is 0 Å². The molecule has 28 heavy (non-hydrogen) atoms. The molecular formula is C21H25N3O3S. The number of carbonyl (C=O) groups is 2. The van der Waals surface area contributed by atoms with Gasteiger partial charge in [0.15, 0.2) is 6.61 Å². The average Bonchev–Trinajstić information content (AvgIpc) is 3.24. The Hall–Kier alpha value is -2.51. The number of hydrogen-bond acceptors (Lipinski definition) is 5. The lowest BCUT2D eigenvalue weighted by Crippen LogP contribution is -2.42. The van der Waals surface area contributed by atoms with Crippen LogP contribution in [0.3, 0.4) is 0 Å². The van der Waals surface area contributed by atoms with Crippen LogP contribution in [0, 0.1) is 6.92 Å². The van der Waals surface area contributed by atoms with Gasteiger partial charge in [0.25, 0.3) is 5.91 Å². The summed E-state index contributed by atoms with van der Waals surface area (Å²) in [5, 5.41) is 8.91. The van der Waals surface area contributed by atoms with Crippen molar-refractivity contribution >= 4 is 29.3 Å². The number of rotatable bonds is 8. The van der Waals surface area contributed by atoms with Gasteiger partial charge in [-0.25, -0.2) is 0 Å². The first-order valence-corrected chi connectivity index (χ1v) is 10.4. The predicted octanol–water partition coefficient (Wildman–Crippen LogP) is 2.33. The van der Waals surface area contributed by atoms with Crippen molar-refractivity contribution in [1.29, 1.82) is 0 Å². The molecule has 3 rings (SSSR count). The first-order chi connectivity index (χ1) is 13.6. The van der Waals surface area contributed by atoms with Crippen molar-refractivity contribution in [2.75, 3.05) is 30.1 Å². The predicted molar refractivity (Wildman–Crippen MR) is 113 cm³/mol. The molecule has 0 saturated carbocycles. The SMILES string of the molecule is Cc1ccc(NC(=O)COc2ccc(CCNC(=O)C3CSCN3)cc2)cc1. The maximum absolute atomic E-state index is 12.0. The van der Waals surface area contributed by atoms with Gasteiger partial charge in [-0.3, -0.25) is 14.9 Å². The van der Waals surface area contributed by atoms with Crippen molar-refractivity contribution in [2.24, 2.45) is 0 Å². The van der Waals surface area contributed by atoms with Crippen molar-refractivity contribution in [3.05, 3.63) is 59.7 Å². The van der Waals surface area contributed by atoms with E-state index >= 15 is 0 Å². The van der Waals surface area contributed by atoms with Crippen molar-refractivity contribution in [3.8, 4) is 5.75 Å². The molecule has 3 N–H and O–H groups in total. The van der Waals surface area contributed by atoms with Gasteiger partial charge in [-0.2, -0.15) is 0 Å². The van der Waals surface area contributed by atoms with E-state index < -0.39 is 0 Å². The fourth-order valence-corrected chi connectivity index (χ4v) is 3.69. The Morgan fingerprint density at radius 2 is 1.89 bits per heavy atom. The van der Waals surface area contributed by atoms with Crippen LogP contribution >= 0.6 is 11.8 Å². The van der Waals surface area contributed by atoms with E-state index in [0.717, 1.165) is 34.9 Å². The van der Waals surface area contributed by atoms with E-state index in [-0.39, 0.29) is 24.5 Å². The first-order valence-electron chi connectivity index (χ1n) is 9.27. The highest BCUT2D eigenvalue weighted by molar-refractivity contribution is 7.99. The van der Waals surface area contributed by atoms with Gasteiger partial charge in [-0.1, -0.05) is 29.8 Å². The molecule has 0 radical (unpaired) electrons. The molecule has 1 saturated heterocycles. The number of anilines is 1. The van der Waals surface area contributed by atoms with E-state index in [0.29, 0.717) is 12.3 Å². The maximum atomic E-state index is 12.0. The maximum Gasteiger partial charge on any atom is 0.262 e. The monoisotopic (exact) mass is 399 g/mol. The largest absolute Gasteiger partial charge is 0.484 e. The zero-order valence-corrected chi connectivity index (χ0v) is 16.7. The minimum absolute atomic E-state index is 0.0460. The van der Waals surface area contributed by atoms with Gasteiger partial charge < -0.3 is 15.4 Å². The lowest BCUT2D eigenvalue weighted by molar-refractivity contribution is -0.122. The number of thioether (sulfide) groups is 1. The normalized spacial score (nSPS) is 15.8. The van der Waals surface area contributed by atoms with E-state index in [4.69, 9.17) is 4.74 Å². The zero-order valence-electron chi connectivity index (χ0n) is 15.9. The molecule has 0 aliphatic carbocycles. The lowest BCUT2D eigenvalue weighted by atomic mass is 10.1. The highest BCUT2D eigenvalue weighted by Crippen LogP contribution is 2.14. The van der Waals surface area contributed by atoms with Crippen molar-refractivity contribution in [3.63, 3.8) is 0 Å². The summed E-state index contributed by atoms with van der Waals surface area (Å²) in [6, 6.07) is 15.1. The van der Waals surface area contributed by atoms with Crippen LogP contribution in [0.25, 0.3) is 0 Å². The Kier molecular flexibility index (Phi) is 7.33. The smallest absolute Gasteiger partial charge is 0.262 e. The Labute approximate surface area is 169 Å². The van der Waals surface area contributed by atoms with Crippen molar-refractivity contribution in [1.82, 2.24) is 10.6 Å². The Bertz CT molecular complexity index is 788. The fraction of sp³-hybridized carbons (Fsp3) is 0.333. The molecule has 0 spiro atoms. The molecular weight excluding hydrogens is 374 g/mol. The number of benzene rings is 2. The number of carbonyl (C=O) groups excluding carboxylic acids is 2. The Morgan fingerprint density at radius 3 is 2.57 bits per heavy atom. The quantitative estimate of drug-likeness (QED) is 0.635. The van der Waals surface area contributed by atoms with Gasteiger partial charge in [0.2, 0.25) is 5.91 Å². The van der Waals surface area contributed by atoms with E-state index in [9.17, 15) is 9.59 Å². The Morgan fingerprint density at radius 1 is 1.14 bits per heavy atom. The Balaban J connectivity index is 1.37. The molecule has 1 aliphatic rings. The summed E-state index contributed by atoms with van der Waals surface area (Å²) in [5.74, 6) is 2.16. The molecule has 1 atom stereocenters. The minimum Gasteiger partial charge on any atom is -0.484 e. The molecule has 2 aromatic rings. The summed E-state index contributed by atoms with van der Waals surface area (Å²) in [6.07, 6.45) is 0.750. The summed E-state index contributed by atoms with van der Waals surface area (Å²) >= 11 is 1.73. The van der Waals surface area contributed by atoms with Crippen LogP contribution in [0.15, 0.2) is 48.5 Å². The number of hydrogen-bond donors (Lipinski definition) is 3. The average molecular weight is 400 g/mol. The molecule has 6 nitrogen and oxygen atoms in total. The van der Waals surface area contributed by atoms with Crippen LogP contribution in [0.5, 0.6) is 5.75 Å². The van der Waals surface area contributed by atoms with Crippen LogP contribution in [-0.4, -0.2) is 42.6 Å². The van der Waals surface area contributed by atoms with Gasteiger partial charge in [-0.15, -0.1) is 11.8 Å².